The standard InChI is InChI=1S/C7H14N2O3/c1-5(10)3-9-7(12)4-8-6(2)11/h5,10H,3-4H2,1-2H3,(H,8,11)(H,9,12). The van der Waals surface area contributed by atoms with Crippen molar-refractivity contribution >= 4 is 11.8 Å². The smallest absolute Gasteiger partial charge is 0.239 e. The van der Waals surface area contributed by atoms with Crippen molar-refractivity contribution in [2.24, 2.45) is 0 Å². The molecule has 70 valence electrons. The van der Waals surface area contributed by atoms with E-state index in [1.165, 1.54) is 6.92 Å². The Labute approximate surface area is 71.1 Å². The summed E-state index contributed by atoms with van der Waals surface area (Å²) in [6.45, 7) is 3.07. The predicted molar refractivity (Wildman–Crippen MR) is 43.4 cm³/mol. The zero-order valence-electron chi connectivity index (χ0n) is 7.26. The second kappa shape index (κ2) is 5.54. The summed E-state index contributed by atoms with van der Waals surface area (Å²) in [4.78, 5) is 21.2. The minimum absolute atomic E-state index is 0.0396. The first-order chi connectivity index (χ1) is 5.52. The van der Waals surface area contributed by atoms with Gasteiger partial charge < -0.3 is 15.7 Å². The topological polar surface area (TPSA) is 78.4 Å². The lowest BCUT2D eigenvalue weighted by Gasteiger charge is -2.06. The lowest BCUT2D eigenvalue weighted by Crippen LogP contribution is -2.38. The number of carbonyl (C=O) groups excluding carboxylic acids is 2. The van der Waals surface area contributed by atoms with Crippen molar-refractivity contribution in [3.63, 3.8) is 0 Å². The van der Waals surface area contributed by atoms with Gasteiger partial charge in [-0.25, -0.2) is 0 Å². The van der Waals surface area contributed by atoms with Crippen LogP contribution in [0.2, 0.25) is 0 Å². The van der Waals surface area contributed by atoms with E-state index in [4.69, 9.17) is 5.11 Å². The van der Waals surface area contributed by atoms with Crippen LogP contribution in [0.5, 0.6) is 0 Å². The third-order valence-electron chi connectivity index (χ3n) is 1.09. The van der Waals surface area contributed by atoms with Gasteiger partial charge in [0.15, 0.2) is 0 Å². The van der Waals surface area contributed by atoms with Crippen LogP contribution in [0.4, 0.5) is 0 Å². The molecule has 0 rings (SSSR count). The fourth-order valence-corrected chi connectivity index (χ4v) is 0.529. The van der Waals surface area contributed by atoms with Crippen LogP contribution in [0.3, 0.4) is 0 Å². The normalized spacial score (nSPS) is 11.9. The lowest BCUT2D eigenvalue weighted by molar-refractivity contribution is -0.125. The van der Waals surface area contributed by atoms with Gasteiger partial charge in [0.1, 0.15) is 0 Å². The summed E-state index contributed by atoms with van der Waals surface area (Å²) in [5.74, 6) is -0.548. The number of hydrogen-bond donors (Lipinski definition) is 3. The Kier molecular flexibility index (Phi) is 5.03. The summed E-state index contributed by atoms with van der Waals surface area (Å²) in [5, 5.41) is 13.5. The predicted octanol–water partition coefficient (Wildman–Crippen LogP) is -1.38. The first-order valence-corrected chi connectivity index (χ1v) is 3.71. The average molecular weight is 174 g/mol. The Morgan fingerprint density at radius 2 is 2.00 bits per heavy atom. The van der Waals surface area contributed by atoms with Crippen LogP contribution in [0.1, 0.15) is 13.8 Å². The minimum atomic E-state index is -0.564. The fourth-order valence-electron chi connectivity index (χ4n) is 0.529. The minimum Gasteiger partial charge on any atom is -0.392 e. The van der Waals surface area contributed by atoms with Crippen molar-refractivity contribution in [2.45, 2.75) is 20.0 Å². The van der Waals surface area contributed by atoms with Gasteiger partial charge >= 0.3 is 0 Å². The van der Waals surface area contributed by atoms with E-state index in [-0.39, 0.29) is 24.9 Å². The summed E-state index contributed by atoms with van der Waals surface area (Å²) >= 11 is 0. The van der Waals surface area contributed by atoms with Crippen LogP contribution in [0, 0.1) is 0 Å². The molecule has 0 aliphatic rings. The van der Waals surface area contributed by atoms with E-state index in [1.54, 1.807) is 6.92 Å². The van der Waals surface area contributed by atoms with Crippen LogP contribution in [-0.2, 0) is 9.59 Å². The maximum Gasteiger partial charge on any atom is 0.239 e. The van der Waals surface area contributed by atoms with Crippen molar-refractivity contribution in [1.82, 2.24) is 10.6 Å². The molecular formula is C7H14N2O3. The molecule has 0 aromatic carbocycles. The van der Waals surface area contributed by atoms with Crippen molar-refractivity contribution < 1.29 is 14.7 Å². The van der Waals surface area contributed by atoms with E-state index in [9.17, 15) is 9.59 Å². The highest BCUT2D eigenvalue weighted by Gasteiger charge is 2.02. The third-order valence-corrected chi connectivity index (χ3v) is 1.09. The highest BCUT2D eigenvalue weighted by Crippen LogP contribution is 1.74. The van der Waals surface area contributed by atoms with Gasteiger partial charge in [-0.2, -0.15) is 0 Å². The monoisotopic (exact) mass is 174 g/mol. The number of amides is 2. The van der Waals surface area contributed by atoms with Crippen LogP contribution < -0.4 is 10.6 Å². The molecule has 0 aliphatic heterocycles. The largest absolute Gasteiger partial charge is 0.392 e. The van der Waals surface area contributed by atoms with Gasteiger partial charge in [-0.15, -0.1) is 0 Å². The molecule has 0 saturated heterocycles. The lowest BCUT2D eigenvalue weighted by atomic mass is 10.4. The van der Waals surface area contributed by atoms with E-state index in [2.05, 4.69) is 10.6 Å². The molecule has 1 atom stereocenters. The van der Waals surface area contributed by atoms with Gasteiger partial charge in [-0.05, 0) is 6.92 Å². The molecule has 0 bridgehead atoms. The van der Waals surface area contributed by atoms with Gasteiger partial charge in [0.25, 0.3) is 0 Å². The van der Waals surface area contributed by atoms with Crippen LogP contribution in [0.15, 0.2) is 0 Å². The van der Waals surface area contributed by atoms with Gasteiger partial charge in [0, 0.05) is 13.5 Å². The molecule has 0 radical (unpaired) electrons. The summed E-state index contributed by atoms with van der Waals surface area (Å²) < 4.78 is 0. The van der Waals surface area contributed by atoms with Crippen molar-refractivity contribution in [3.05, 3.63) is 0 Å². The van der Waals surface area contributed by atoms with Gasteiger partial charge in [0.2, 0.25) is 11.8 Å². The maximum atomic E-state index is 10.8. The summed E-state index contributed by atoms with van der Waals surface area (Å²) in [7, 11) is 0. The average Bonchev–Trinajstić information content (AvgIpc) is 1.96. The number of rotatable bonds is 4. The second-order valence-corrected chi connectivity index (χ2v) is 2.56. The SMILES string of the molecule is CC(=O)NCC(=O)NCC(C)O. The van der Waals surface area contributed by atoms with Gasteiger partial charge in [0.05, 0.1) is 12.6 Å². The highest BCUT2D eigenvalue weighted by molar-refractivity contribution is 5.83. The van der Waals surface area contributed by atoms with Crippen LogP contribution in [-0.4, -0.2) is 36.1 Å². The number of carbonyl (C=O) groups is 2. The van der Waals surface area contributed by atoms with Gasteiger partial charge in [-0.3, -0.25) is 9.59 Å². The third kappa shape index (κ3) is 7.01. The number of hydrogen-bond acceptors (Lipinski definition) is 3. The summed E-state index contributed by atoms with van der Waals surface area (Å²) in [6.07, 6.45) is -0.564. The highest BCUT2D eigenvalue weighted by atomic mass is 16.3. The quantitative estimate of drug-likeness (QED) is 0.491. The molecule has 0 spiro atoms. The molecule has 12 heavy (non-hydrogen) atoms. The number of aliphatic hydroxyl groups excluding tert-OH is 1. The van der Waals surface area contributed by atoms with Crippen molar-refractivity contribution in [2.75, 3.05) is 13.1 Å². The second-order valence-electron chi connectivity index (χ2n) is 2.56. The molecule has 0 heterocycles. The fraction of sp³-hybridized carbons (Fsp3) is 0.714. The zero-order valence-corrected chi connectivity index (χ0v) is 7.26. The zero-order chi connectivity index (χ0) is 9.56. The van der Waals surface area contributed by atoms with Crippen LogP contribution in [0.25, 0.3) is 0 Å². The molecule has 0 aromatic heterocycles. The first-order valence-electron chi connectivity index (χ1n) is 3.71. The molecule has 0 aromatic rings. The first kappa shape index (κ1) is 10.9. The molecule has 5 nitrogen and oxygen atoms in total. The molecule has 5 heteroatoms. The summed E-state index contributed by atoms with van der Waals surface area (Å²) in [5.41, 5.74) is 0. The van der Waals surface area contributed by atoms with E-state index < -0.39 is 6.10 Å². The Morgan fingerprint density at radius 3 is 2.42 bits per heavy atom. The maximum absolute atomic E-state index is 10.8. The molecular weight excluding hydrogens is 160 g/mol. The molecule has 2 amide bonds. The Balaban J connectivity index is 3.40. The Bertz CT molecular complexity index is 168. The molecule has 0 saturated carbocycles. The van der Waals surface area contributed by atoms with E-state index in [0.29, 0.717) is 0 Å². The number of aliphatic hydroxyl groups is 1. The van der Waals surface area contributed by atoms with Crippen molar-refractivity contribution in [3.8, 4) is 0 Å². The number of nitrogens with one attached hydrogen (secondary N) is 2. The Morgan fingerprint density at radius 1 is 1.42 bits per heavy atom. The molecule has 3 N–H and O–H groups in total. The van der Waals surface area contributed by atoms with Crippen molar-refractivity contribution in [1.29, 1.82) is 0 Å². The Hall–Kier alpha value is -1.10. The summed E-state index contributed by atoms with van der Waals surface area (Å²) in [6, 6.07) is 0. The molecule has 0 fully saturated rings. The molecule has 1 unspecified atom stereocenters. The van der Waals surface area contributed by atoms with Gasteiger partial charge in [-0.1, -0.05) is 0 Å². The van der Waals surface area contributed by atoms with E-state index in [0.717, 1.165) is 0 Å². The molecule has 0 aliphatic carbocycles. The van der Waals surface area contributed by atoms with E-state index >= 15 is 0 Å². The van der Waals surface area contributed by atoms with E-state index in [1.807, 2.05) is 0 Å². The van der Waals surface area contributed by atoms with Crippen LogP contribution >= 0.6 is 0 Å².